The lowest BCUT2D eigenvalue weighted by Crippen LogP contribution is -2.33. The molecule has 5 rings (SSSR count). The van der Waals surface area contributed by atoms with Gasteiger partial charge in [0.05, 0.1) is 17.6 Å². The first-order valence-electron chi connectivity index (χ1n) is 9.53. The van der Waals surface area contributed by atoms with E-state index in [4.69, 9.17) is 16.6 Å². The van der Waals surface area contributed by atoms with E-state index in [1.165, 1.54) is 5.52 Å². The Bertz CT molecular complexity index is 1180. The number of benzene rings is 3. The van der Waals surface area contributed by atoms with Gasteiger partial charge >= 0.3 is 0 Å². The predicted octanol–water partition coefficient (Wildman–Crippen LogP) is 4.96. The maximum absolute atomic E-state index is 12.4. The van der Waals surface area contributed by atoms with Crippen LogP contribution in [-0.2, 0) is 13.1 Å². The third-order valence-electron chi connectivity index (χ3n) is 5.26. The van der Waals surface area contributed by atoms with Crippen LogP contribution in [0.2, 0.25) is 5.02 Å². The highest BCUT2D eigenvalue weighted by Crippen LogP contribution is 2.26. The number of carbonyl (C=O) groups is 1. The molecule has 4 aromatic rings. The molecule has 1 N–H and O–H groups in total. The number of para-hydroxylation sites is 2. The van der Waals surface area contributed by atoms with Crippen molar-refractivity contribution in [3.63, 3.8) is 0 Å². The summed E-state index contributed by atoms with van der Waals surface area (Å²) in [6.45, 7) is 2.60. The van der Waals surface area contributed by atoms with E-state index in [9.17, 15) is 4.79 Å². The average Bonchev–Trinajstić information content (AvgIpc) is 3.12. The molecule has 0 fully saturated rings. The number of fused-ring (bicyclic) bond motifs is 3. The summed E-state index contributed by atoms with van der Waals surface area (Å²) in [7, 11) is 0. The smallest absolute Gasteiger partial charge is 0.255 e. The molecule has 6 heteroatoms. The number of carbonyl (C=O) groups excluding carboxylic acids is 1. The van der Waals surface area contributed by atoms with Crippen LogP contribution in [0.1, 0.15) is 16.2 Å². The number of rotatable bonds is 3. The molecule has 1 amide bonds. The topological polar surface area (TPSA) is 50.2 Å². The Balaban J connectivity index is 1.30. The second-order valence-electron chi connectivity index (χ2n) is 7.10. The molecule has 29 heavy (non-hydrogen) atoms. The van der Waals surface area contributed by atoms with Crippen LogP contribution in [-0.4, -0.2) is 22.0 Å². The quantitative estimate of drug-likeness (QED) is 0.526. The van der Waals surface area contributed by atoms with Crippen molar-refractivity contribution < 1.29 is 4.79 Å². The van der Waals surface area contributed by atoms with E-state index in [1.54, 1.807) is 24.3 Å². The number of imidazole rings is 1. The van der Waals surface area contributed by atoms with Gasteiger partial charge in [-0.3, -0.25) is 4.79 Å². The molecule has 2 heterocycles. The summed E-state index contributed by atoms with van der Waals surface area (Å²) in [4.78, 5) is 19.5. The van der Waals surface area contributed by atoms with E-state index in [2.05, 4.69) is 33.0 Å². The van der Waals surface area contributed by atoms with E-state index in [0.29, 0.717) is 10.6 Å². The van der Waals surface area contributed by atoms with Crippen molar-refractivity contribution in [1.82, 2.24) is 9.55 Å². The summed E-state index contributed by atoms with van der Waals surface area (Å²) in [6.07, 6.45) is 0. The first-order valence-corrected chi connectivity index (χ1v) is 9.91. The summed E-state index contributed by atoms with van der Waals surface area (Å²) < 4.78 is 2.30. The van der Waals surface area contributed by atoms with Crippen LogP contribution < -0.4 is 10.2 Å². The van der Waals surface area contributed by atoms with Crippen LogP contribution >= 0.6 is 11.6 Å². The predicted molar refractivity (Wildman–Crippen MR) is 117 cm³/mol. The fourth-order valence-electron chi connectivity index (χ4n) is 3.75. The molecule has 0 radical (unpaired) electrons. The summed E-state index contributed by atoms with van der Waals surface area (Å²) >= 11 is 5.88. The third-order valence-corrected chi connectivity index (χ3v) is 5.51. The van der Waals surface area contributed by atoms with Gasteiger partial charge in [-0.1, -0.05) is 23.7 Å². The molecule has 5 nitrogen and oxygen atoms in total. The number of hydrogen-bond acceptors (Lipinski definition) is 3. The number of nitrogens with zero attached hydrogens (tertiary/aromatic N) is 3. The van der Waals surface area contributed by atoms with E-state index in [1.807, 2.05) is 30.3 Å². The number of aromatic nitrogens is 2. The Morgan fingerprint density at radius 3 is 2.48 bits per heavy atom. The average molecular weight is 403 g/mol. The van der Waals surface area contributed by atoms with Gasteiger partial charge in [0.1, 0.15) is 5.82 Å². The van der Waals surface area contributed by atoms with Gasteiger partial charge in [-0.2, -0.15) is 0 Å². The van der Waals surface area contributed by atoms with Crippen LogP contribution in [0.4, 0.5) is 11.4 Å². The molecular formula is C23H19ClN4O. The van der Waals surface area contributed by atoms with Crippen molar-refractivity contribution in [2.45, 2.75) is 13.1 Å². The molecule has 0 saturated heterocycles. The zero-order valence-electron chi connectivity index (χ0n) is 15.7. The van der Waals surface area contributed by atoms with Crippen molar-refractivity contribution in [2.75, 3.05) is 16.8 Å². The third kappa shape index (κ3) is 3.45. The van der Waals surface area contributed by atoms with Gasteiger partial charge in [0.15, 0.2) is 0 Å². The number of nitrogens with one attached hydrogen (secondary N) is 1. The fourth-order valence-corrected chi connectivity index (χ4v) is 3.87. The zero-order chi connectivity index (χ0) is 19.8. The van der Waals surface area contributed by atoms with Gasteiger partial charge in [-0.15, -0.1) is 0 Å². The Kier molecular flexibility index (Phi) is 4.45. The molecule has 0 unspecified atom stereocenters. The standard InChI is InChI=1S/C23H19ClN4O/c24-17-7-5-16(6-8-17)23(29)25-18-9-11-19(12-10-18)27-13-14-28-21-4-2-1-3-20(21)26-22(28)15-27/h1-12H,13-15H2,(H,25,29). The van der Waals surface area contributed by atoms with Gasteiger partial charge < -0.3 is 14.8 Å². The van der Waals surface area contributed by atoms with Crippen LogP contribution in [0.25, 0.3) is 11.0 Å². The normalized spacial score (nSPS) is 13.3. The van der Waals surface area contributed by atoms with Crippen molar-refractivity contribution >= 4 is 39.9 Å². The Labute approximate surface area is 173 Å². The van der Waals surface area contributed by atoms with Crippen molar-refractivity contribution in [1.29, 1.82) is 0 Å². The minimum absolute atomic E-state index is 0.152. The van der Waals surface area contributed by atoms with Gasteiger partial charge in [-0.05, 0) is 60.7 Å². The summed E-state index contributed by atoms with van der Waals surface area (Å²) in [5.74, 6) is 0.929. The van der Waals surface area contributed by atoms with Gasteiger partial charge in [0.2, 0.25) is 0 Å². The number of halogens is 1. The maximum Gasteiger partial charge on any atom is 0.255 e. The highest BCUT2D eigenvalue weighted by Gasteiger charge is 2.20. The molecule has 144 valence electrons. The molecule has 1 aromatic heterocycles. The van der Waals surface area contributed by atoms with E-state index in [0.717, 1.165) is 42.4 Å². The van der Waals surface area contributed by atoms with E-state index in [-0.39, 0.29) is 5.91 Å². The van der Waals surface area contributed by atoms with E-state index < -0.39 is 0 Å². The molecule has 0 bridgehead atoms. The van der Waals surface area contributed by atoms with Crippen LogP contribution in [0.3, 0.4) is 0 Å². The molecule has 0 spiro atoms. The first kappa shape index (κ1) is 17.8. The lowest BCUT2D eigenvalue weighted by molar-refractivity contribution is 0.102. The monoisotopic (exact) mass is 402 g/mol. The molecule has 1 aliphatic heterocycles. The van der Waals surface area contributed by atoms with Crippen LogP contribution in [0, 0.1) is 0 Å². The molecular weight excluding hydrogens is 384 g/mol. The number of amides is 1. The minimum Gasteiger partial charge on any atom is -0.362 e. The summed E-state index contributed by atoms with van der Waals surface area (Å²) in [5, 5.41) is 3.54. The lowest BCUT2D eigenvalue weighted by atomic mass is 10.2. The second-order valence-corrected chi connectivity index (χ2v) is 7.53. The maximum atomic E-state index is 12.4. The van der Waals surface area contributed by atoms with Gasteiger partial charge in [0, 0.05) is 35.1 Å². The second kappa shape index (κ2) is 7.26. The Hall–Kier alpha value is -3.31. The minimum atomic E-state index is -0.152. The lowest BCUT2D eigenvalue weighted by Gasteiger charge is -2.30. The summed E-state index contributed by atoms with van der Waals surface area (Å²) in [5.41, 5.74) is 4.70. The molecule has 3 aromatic carbocycles. The SMILES string of the molecule is O=C(Nc1ccc(N2CCn3c(nc4ccccc43)C2)cc1)c1ccc(Cl)cc1. The highest BCUT2D eigenvalue weighted by atomic mass is 35.5. The summed E-state index contributed by atoms with van der Waals surface area (Å²) in [6, 6.07) is 23.1. The number of hydrogen-bond donors (Lipinski definition) is 1. The van der Waals surface area contributed by atoms with Gasteiger partial charge in [-0.25, -0.2) is 4.98 Å². The van der Waals surface area contributed by atoms with Gasteiger partial charge in [0.25, 0.3) is 5.91 Å². The largest absolute Gasteiger partial charge is 0.362 e. The zero-order valence-corrected chi connectivity index (χ0v) is 16.4. The molecule has 0 aliphatic carbocycles. The molecule has 0 saturated carbocycles. The Morgan fingerprint density at radius 2 is 1.69 bits per heavy atom. The fraction of sp³-hybridized carbons (Fsp3) is 0.130. The molecule has 1 aliphatic rings. The van der Waals surface area contributed by atoms with Crippen LogP contribution in [0.15, 0.2) is 72.8 Å². The van der Waals surface area contributed by atoms with Crippen LogP contribution in [0.5, 0.6) is 0 Å². The van der Waals surface area contributed by atoms with Crippen molar-refractivity contribution in [3.05, 3.63) is 89.2 Å². The Morgan fingerprint density at radius 1 is 0.931 bits per heavy atom. The van der Waals surface area contributed by atoms with E-state index >= 15 is 0 Å². The highest BCUT2D eigenvalue weighted by molar-refractivity contribution is 6.30. The first-order chi connectivity index (χ1) is 14.2. The molecule has 0 atom stereocenters. The van der Waals surface area contributed by atoms with Crippen molar-refractivity contribution in [3.8, 4) is 0 Å². The number of anilines is 2. The van der Waals surface area contributed by atoms with Crippen molar-refractivity contribution in [2.24, 2.45) is 0 Å².